The number of carboxylic acid groups (broad SMARTS) is 1. The molecule has 11 heteroatoms. The number of aliphatic carboxylic acids is 1. The Labute approximate surface area is 230 Å². The van der Waals surface area contributed by atoms with Crippen LogP contribution in [-0.4, -0.2) is 63.2 Å². The average molecular weight is 554 g/mol. The number of ether oxygens (including phenoxy) is 3. The van der Waals surface area contributed by atoms with Crippen molar-refractivity contribution < 1.29 is 24.1 Å². The summed E-state index contributed by atoms with van der Waals surface area (Å²) in [7, 11) is -1.18. The Morgan fingerprint density at radius 2 is 1.95 bits per heavy atom. The van der Waals surface area contributed by atoms with E-state index in [9.17, 15) is 9.90 Å². The standard InChI is InChI=1S/C28H39N5O5Si/c1-19-14-24(37-17-28(2,3)26(34)35)30-16-22(19)20-10-11-23(29-15-20)25-31-27(38-21-8-7-9-21)33(32-25)18-36-12-13-39(4,5)6/h10-11,14-16,21H,7-9,12-13,17-18H2,1-6H3,(H,34,35). The third kappa shape index (κ3) is 7.63. The number of rotatable bonds is 13. The summed E-state index contributed by atoms with van der Waals surface area (Å²) in [6, 6.07) is 7.19. The van der Waals surface area contributed by atoms with Crippen LogP contribution in [0.3, 0.4) is 0 Å². The predicted octanol–water partition coefficient (Wildman–Crippen LogP) is 5.44. The third-order valence-electron chi connectivity index (χ3n) is 6.72. The van der Waals surface area contributed by atoms with Crippen molar-refractivity contribution in [1.82, 2.24) is 24.7 Å². The van der Waals surface area contributed by atoms with Gasteiger partial charge in [0.25, 0.3) is 0 Å². The number of aryl methyl sites for hydroxylation is 1. The van der Waals surface area contributed by atoms with Gasteiger partial charge >= 0.3 is 12.0 Å². The van der Waals surface area contributed by atoms with Crippen molar-refractivity contribution in [3.05, 3.63) is 36.2 Å². The van der Waals surface area contributed by atoms with Gasteiger partial charge in [-0.15, -0.1) is 5.10 Å². The number of hydrogen-bond donors (Lipinski definition) is 1. The summed E-state index contributed by atoms with van der Waals surface area (Å²) in [5.41, 5.74) is 2.37. The number of hydrogen-bond acceptors (Lipinski definition) is 8. The molecule has 4 rings (SSSR count). The lowest BCUT2D eigenvalue weighted by Gasteiger charge is -2.25. The van der Waals surface area contributed by atoms with Gasteiger partial charge in [-0.25, -0.2) is 4.98 Å². The Balaban J connectivity index is 1.46. The van der Waals surface area contributed by atoms with E-state index in [-0.39, 0.29) is 12.7 Å². The molecule has 3 heterocycles. The molecule has 1 N–H and O–H groups in total. The first-order chi connectivity index (χ1) is 18.4. The van der Waals surface area contributed by atoms with Gasteiger partial charge in [-0.05, 0) is 57.7 Å². The van der Waals surface area contributed by atoms with Crippen molar-refractivity contribution in [2.75, 3.05) is 13.2 Å². The van der Waals surface area contributed by atoms with Gasteiger partial charge in [0.1, 0.15) is 25.1 Å². The van der Waals surface area contributed by atoms with Crippen molar-refractivity contribution in [2.24, 2.45) is 5.41 Å². The van der Waals surface area contributed by atoms with Crippen LogP contribution in [0.1, 0.15) is 38.7 Å². The summed E-state index contributed by atoms with van der Waals surface area (Å²) in [5, 5.41) is 13.9. The van der Waals surface area contributed by atoms with E-state index in [1.807, 2.05) is 19.1 Å². The highest BCUT2D eigenvalue weighted by atomic mass is 28.3. The van der Waals surface area contributed by atoms with E-state index in [0.717, 1.165) is 35.6 Å². The molecule has 0 amide bonds. The number of aromatic nitrogens is 5. The van der Waals surface area contributed by atoms with Gasteiger partial charge in [-0.2, -0.15) is 9.67 Å². The van der Waals surface area contributed by atoms with E-state index in [1.54, 1.807) is 37.0 Å². The van der Waals surface area contributed by atoms with E-state index in [0.29, 0.717) is 36.7 Å². The minimum Gasteiger partial charge on any atom is -0.481 e. The average Bonchev–Trinajstić information content (AvgIpc) is 3.25. The fraction of sp³-hybridized carbons (Fsp3) is 0.536. The Hall–Kier alpha value is -3.31. The van der Waals surface area contributed by atoms with Crippen LogP contribution in [-0.2, 0) is 16.3 Å². The first-order valence-corrected chi connectivity index (χ1v) is 17.1. The predicted molar refractivity (Wildman–Crippen MR) is 151 cm³/mol. The molecule has 210 valence electrons. The van der Waals surface area contributed by atoms with Crippen molar-refractivity contribution in [3.63, 3.8) is 0 Å². The topological polar surface area (TPSA) is 121 Å². The van der Waals surface area contributed by atoms with Gasteiger partial charge in [0.2, 0.25) is 11.7 Å². The van der Waals surface area contributed by atoms with Crippen molar-refractivity contribution in [3.8, 4) is 34.5 Å². The molecule has 3 aromatic rings. The largest absolute Gasteiger partial charge is 0.481 e. The maximum absolute atomic E-state index is 11.3. The molecule has 0 aliphatic heterocycles. The summed E-state index contributed by atoms with van der Waals surface area (Å²) in [4.78, 5) is 24.9. The van der Waals surface area contributed by atoms with Crippen LogP contribution in [0.2, 0.25) is 25.7 Å². The van der Waals surface area contributed by atoms with Gasteiger partial charge < -0.3 is 19.3 Å². The second-order valence-electron chi connectivity index (χ2n) is 12.0. The van der Waals surface area contributed by atoms with Crippen LogP contribution < -0.4 is 9.47 Å². The molecule has 0 aromatic carbocycles. The number of carbonyl (C=O) groups is 1. The van der Waals surface area contributed by atoms with Crippen LogP contribution in [0.25, 0.3) is 22.6 Å². The maximum atomic E-state index is 11.3. The molecule has 1 aliphatic rings. The molecule has 0 saturated heterocycles. The maximum Gasteiger partial charge on any atom is 0.317 e. The quantitative estimate of drug-likeness (QED) is 0.218. The highest BCUT2D eigenvalue weighted by Crippen LogP contribution is 2.29. The molecule has 10 nitrogen and oxygen atoms in total. The molecular weight excluding hydrogens is 514 g/mol. The Morgan fingerprint density at radius 1 is 1.18 bits per heavy atom. The second-order valence-corrected chi connectivity index (χ2v) is 17.6. The van der Waals surface area contributed by atoms with E-state index in [4.69, 9.17) is 14.2 Å². The third-order valence-corrected chi connectivity index (χ3v) is 8.43. The van der Waals surface area contributed by atoms with Crippen molar-refractivity contribution in [2.45, 2.75) is 78.6 Å². The number of nitrogens with zero attached hydrogens (tertiary/aromatic N) is 5. The van der Waals surface area contributed by atoms with Crippen molar-refractivity contribution in [1.29, 1.82) is 0 Å². The van der Waals surface area contributed by atoms with E-state index >= 15 is 0 Å². The summed E-state index contributed by atoms with van der Waals surface area (Å²) >= 11 is 0. The van der Waals surface area contributed by atoms with Crippen LogP contribution in [0.4, 0.5) is 0 Å². The van der Waals surface area contributed by atoms with Gasteiger partial charge in [0, 0.05) is 44.3 Å². The minimum absolute atomic E-state index is 0.0276. The monoisotopic (exact) mass is 553 g/mol. The van der Waals surface area contributed by atoms with E-state index < -0.39 is 19.5 Å². The molecule has 1 saturated carbocycles. The highest BCUT2D eigenvalue weighted by Gasteiger charge is 2.28. The molecule has 0 spiro atoms. The van der Waals surface area contributed by atoms with E-state index in [1.165, 1.54) is 6.42 Å². The summed E-state index contributed by atoms with van der Waals surface area (Å²) in [5.74, 6) is -0.0436. The van der Waals surface area contributed by atoms with Crippen LogP contribution in [0.15, 0.2) is 30.6 Å². The molecule has 3 aromatic heterocycles. The Bertz CT molecular complexity index is 1280. The molecular formula is C28H39N5O5Si. The first kappa shape index (κ1) is 28.7. The van der Waals surface area contributed by atoms with Crippen LogP contribution >= 0.6 is 0 Å². The van der Waals surface area contributed by atoms with Crippen LogP contribution in [0.5, 0.6) is 11.9 Å². The SMILES string of the molecule is Cc1cc(OCC(C)(C)C(=O)O)ncc1-c1ccc(-c2nc(OC3CCC3)n(COCC[Si](C)(C)C)n2)nc1. The molecule has 0 unspecified atom stereocenters. The van der Waals surface area contributed by atoms with E-state index in [2.05, 4.69) is 39.7 Å². The van der Waals surface area contributed by atoms with Gasteiger partial charge in [-0.1, -0.05) is 25.7 Å². The minimum atomic E-state index is -1.18. The smallest absolute Gasteiger partial charge is 0.317 e. The lowest BCUT2D eigenvalue weighted by Crippen LogP contribution is -2.30. The summed E-state index contributed by atoms with van der Waals surface area (Å²) in [6.45, 7) is 13.2. The highest BCUT2D eigenvalue weighted by molar-refractivity contribution is 6.76. The fourth-order valence-corrected chi connectivity index (χ4v) is 4.44. The van der Waals surface area contributed by atoms with Gasteiger partial charge in [-0.3, -0.25) is 9.78 Å². The van der Waals surface area contributed by atoms with Crippen molar-refractivity contribution >= 4 is 14.0 Å². The Kier molecular flexibility index (Phi) is 8.70. The van der Waals surface area contributed by atoms with Crippen LogP contribution in [0, 0.1) is 12.3 Å². The zero-order valence-corrected chi connectivity index (χ0v) is 24.7. The molecule has 0 radical (unpaired) electrons. The molecule has 1 aliphatic carbocycles. The number of pyridine rings is 2. The lowest BCUT2D eigenvalue weighted by molar-refractivity contribution is -0.148. The fourth-order valence-electron chi connectivity index (χ4n) is 3.69. The molecule has 1 fully saturated rings. The zero-order valence-electron chi connectivity index (χ0n) is 23.7. The molecule has 0 bridgehead atoms. The summed E-state index contributed by atoms with van der Waals surface area (Å²) in [6.07, 6.45) is 6.88. The lowest BCUT2D eigenvalue weighted by atomic mass is 9.95. The first-order valence-electron chi connectivity index (χ1n) is 13.4. The van der Waals surface area contributed by atoms with Gasteiger partial charge in [0.05, 0.1) is 5.41 Å². The van der Waals surface area contributed by atoms with Gasteiger partial charge in [0.15, 0.2) is 0 Å². The second kappa shape index (κ2) is 11.8. The summed E-state index contributed by atoms with van der Waals surface area (Å²) < 4.78 is 19.3. The molecule has 39 heavy (non-hydrogen) atoms. The zero-order chi connectivity index (χ0) is 28.2. The molecule has 0 atom stereocenters. The number of carboxylic acids is 1. The normalized spacial score (nSPS) is 14.2. The Morgan fingerprint density at radius 3 is 2.54 bits per heavy atom.